The zero-order chi connectivity index (χ0) is 21.8. The second-order valence-corrected chi connectivity index (χ2v) is 6.64. The van der Waals surface area contributed by atoms with E-state index in [4.69, 9.17) is 9.47 Å². The van der Waals surface area contributed by atoms with Crippen LogP contribution in [0.1, 0.15) is 25.2 Å². The van der Waals surface area contributed by atoms with Crippen molar-refractivity contribution in [1.29, 1.82) is 0 Å². The number of methoxy groups -OCH3 is 1. The predicted octanol–water partition coefficient (Wildman–Crippen LogP) is 2.27. The summed E-state index contributed by atoms with van der Waals surface area (Å²) in [6.07, 6.45) is 3.37. The van der Waals surface area contributed by atoms with Gasteiger partial charge < -0.3 is 14.0 Å². The van der Waals surface area contributed by atoms with Gasteiger partial charge in [0.2, 0.25) is 0 Å². The number of hydrogen-bond donors (Lipinski definition) is 0. The highest BCUT2D eigenvalue weighted by atomic mass is 19.1. The molecule has 3 rings (SSSR count). The molecule has 2 aromatic heterocycles. The zero-order valence-electron chi connectivity index (χ0n) is 17.5. The summed E-state index contributed by atoms with van der Waals surface area (Å²) in [6, 6.07) is 4.62. The maximum atomic E-state index is 14.2. The Bertz CT molecular complexity index is 1210. The molecule has 30 heavy (non-hydrogen) atoms. The number of halogens is 1. The van der Waals surface area contributed by atoms with Crippen molar-refractivity contribution in [2.24, 2.45) is 7.05 Å². The Morgan fingerprint density at radius 2 is 1.83 bits per heavy atom. The fourth-order valence-corrected chi connectivity index (χ4v) is 3.24. The van der Waals surface area contributed by atoms with E-state index < -0.39 is 5.82 Å². The van der Waals surface area contributed by atoms with Gasteiger partial charge in [0, 0.05) is 27.2 Å². The molecule has 3 aromatic rings. The molecule has 0 saturated heterocycles. The molecule has 0 aliphatic rings. The van der Waals surface area contributed by atoms with Gasteiger partial charge in [-0.3, -0.25) is 13.9 Å². The number of imidazole rings is 1. The van der Waals surface area contributed by atoms with Crippen LogP contribution in [0.4, 0.5) is 4.39 Å². The molecule has 0 radical (unpaired) electrons. The van der Waals surface area contributed by atoms with E-state index in [2.05, 4.69) is 4.98 Å². The van der Waals surface area contributed by atoms with Gasteiger partial charge in [-0.1, -0.05) is 12.1 Å². The Labute approximate surface area is 172 Å². The molecule has 0 spiro atoms. The number of hydrogen-bond acceptors (Lipinski definition) is 5. The third kappa shape index (κ3) is 3.93. The minimum Gasteiger partial charge on any atom is -0.488 e. The third-order valence-corrected chi connectivity index (χ3v) is 4.83. The lowest BCUT2D eigenvalue weighted by atomic mass is 10.2. The maximum Gasteiger partial charge on any atom is 0.332 e. The van der Waals surface area contributed by atoms with Crippen molar-refractivity contribution in [3.8, 4) is 5.75 Å². The summed E-state index contributed by atoms with van der Waals surface area (Å²) < 4.78 is 28.7. The highest BCUT2D eigenvalue weighted by Gasteiger charge is 2.17. The van der Waals surface area contributed by atoms with Crippen LogP contribution in [0, 0.1) is 5.82 Å². The fraction of sp³-hybridized carbons (Fsp3) is 0.381. The summed E-state index contributed by atoms with van der Waals surface area (Å²) in [6.45, 7) is 4.89. The van der Waals surface area contributed by atoms with E-state index in [1.165, 1.54) is 15.2 Å². The molecule has 0 saturated carbocycles. The van der Waals surface area contributed by atoms with Crippen LogP contribution < -0.4 is 16.0 Å². The number of aryl methyl sites for hydroxylation is 2. The van der Waals surface area contributed by atoms with Crippen molar-refractivity contribution in [1.82, 2.24) is 18.7 Å². The van der Waals surface area contributed by atoms with E-state index in [-0.39, 0.29) is 30.2 Å². The van der Waals surface area contributed by atoms with Crippen molar-refractivity contribution in [3.05, 3.63) is 56.2 Å². The first-order valence-electron chi connectivity index (χ1n) is 9.72. The number of benzene rings is 1. The Kier molecular flexibility index (Phi) is 6.51. The van der Waals surface area contributed by atoms with Gasteiger partial charge in [0.25, 0.3) is 5.56 Å². The number of aromatic nitrogens is 4. The van der Waals surface area contributed by atoms with Crippen LogP contribution in [0.2, 0.25) is 0 Å². The molecule has 0 aliphatic carbocycles. The molecule has 8 nitrogen and oxygen atoms in total. The molecule has 0 N–H and O–H groups in total. The summed E-state index contributed by atoms with van der Waals surface area (Å²) >= 11 is 0. The second-order valence-electron chi connectivity index (χ2n) is 6.64. The van der Waals surface area contributed by atoms with Crippen LogP contribution in [-0.2, 0) is 24.9 Å². The Morgan fingerprint density at radius 3 is 2.47 bits per heavy atom. The van der Waals surface area contributed by atoms with Crippen LogP contribution in [0.5, 0.6) is 5.75 Å². The van der Waals surface area contributed by atoms with Gasteiger partial charge in [-0.05, 0) is 37.6 Å². The second kappa shape index (κ2) is 9.08. The lowest BCUT2D eigenvalue weighted by molar-refractivity contribution is 0.144. The van der Waals surface area contributed by atoms with E-state index in [9.17, 15) is 14.0 Å². The first kappa shape index (κ1) is 21.5. The normalized spacial score (nSPS) is 11.6. The van der Waals surface area contributed by atoms with Gasteiger partial charge in [-0.15, -0.1) is 0 Å². The van der Waals surface area contributed by atoms with Gasteiger partial charge in [-0.25, -0.2) is 14.2 Å². The van der Waals surface area contributed by atoms with Crippen LogP contribution in [0.25, 0.3) is 23.3 Å². The van der Waals surface area contributed by atoms with Gasteiger partial charge >= 0.3 is 5.69 Å². The van der Waals surface area contributed by atoms with Crippen LogP contribution in [0.15, 0.2) is 27.8 Å². The van der Waals surface area contributed by atoms with Crippen molar-refractivity contribution in [2.45, 2.75) is 26.9 Å². The quantitative estimate of drug-likeness (QED) is 0.527. The summed E-state index contributed by atoms with van der Waals surface area (Å²) in [4.78, 5) is 29.7. The molecule has 2 heterocycles. The first-order valence-corrected chi connectivity index (χ1v) is 9.72. The summed E-state index contributed by atoms with van der Waals surface area (Å²) in [7, 11) is 3.26. The molecule has 0 fully saturated rings. The van der Waals surface area contributed by atoms with Crippen molar-refractivity contribution >= 4 is 23.3 Å². The summed E-state index contributed by atoms with van der Waals surface area (Å²) in [5, 5.41) is 0. The highest BCUT2D eigenvalue weighted by Crippen LogP contribution is 2.20. The molecule has 0 unspecified atom stereocenters. The van der Waals surface area contributed by atoms with E-state index in [1.807, 2.05) is 6.92 Å². The summed E-state index contributed by atoms with van der Waals surface area (Å²) in [5.74, 6) is 0.154. The van der Waals surface area contributed by atoms with E-state index >= 15 is 0 Å². The SMILES string of the molecule is CCn1c(=O)c2c(nc(C=Cc3ccc(OCCOC)c(F)c3)n2C)n(CC)c1=O. The summed E-state index contributed by atoms with van der Waals surface area (Å²) in [5.41, 5.74) is 0.550. The topological polar surface area (TPSA) is 80.3 Å². The lowest BCUT2D eigenvalue weighted by Crippen LogP contribution is -2.39. The fourth-order valence-electron chi connectivity index (χ4n) is 3.24. The molecule has 160 valence electrons. The van der Waals surface area contributed by atoms with Crippen LogP contribution in [-0.4, -0.2) is 39.0 Å². The average molecular weight is 416 g/mol. The molecule has 0 bridgehead atoms. The minimum absolute atomic E-state index is 0.152. The van der Waals surface area contributed by atoms with E-state index in [1.54, 1.807) is 49.9 Å². The molecular weight excluding hydrogens is 391 g/mol. The molecule has 9 heteroatoms. The van der Waals surface area contributed by atoms with E-state index in [0.29, 0.717) is 35.7 Å². The molecule has 0 atom stereocenters. The first-order chi connectivity index (χ1) is 14.4. The highest BCUT2D eigenvalue weighted by molar-refractivity contribution is 5.76. The Balaban J connectivity index is 1.98. The Morgan fingerprint density at radius 1 is 1.10 bits per heavy atom. The minimum atomic E-state index is -0.482. The predicted molar refractivity (Wildman–Crippen MR) is 113 cm³/mol. The smallest absolute Gasteiger partial charge is 0.332 e. The molecule has 0 amide bonds. The van der Waals surface area contributed by atoms with Gasteiger partial charge in [0.15, 0.2) is 22.7 Å². The van der Waals surface area contributed by atoms with Crippen molar-refractivity contribution in [2.75, 3.05) is 20.3 Å². The van der Waals surface area contributed by atoms with Gasteiger partial charge in [0.05, 0.1) is 6.61 Å². The van der Waals surface area contributed by atoms with Crippen molar-refractivity contribution in [3.63, 3.8) is 0 Å². The molecule has 0 aliphatic heterocycles. The largest absolute Gasteiger partial charge is 0.488 e. The Hall–Kier alpha value is -3.20. The third-order valence-electron chi connectivity index (χ3n) is 4.83. The molecule has 1 aromatic carbocycles. The average Bonchev–Trinajstić information content (AvgIpc) is 3.05. The monoisotopic (exact) mass is 416 g/mol. The zero-order valence-corrected chi connectivity index (χ0v) is 17.5. The van der Waals surface area contributed by atoms with Gasteiger partial charge in [-0.2, -0.15) is 0 Å². The van der Waals surface area contributed by atoms with Crippen molar-refractivity contribution < 1.29 is 13.9 Å². The van der Waals surface area contributed by atoms with Crippen LogP contribution >= 0.6 is 0 Å². The molecular formula is C21H25FN4O4. The van der Waals surface area contributed by atoms with Crippen LogP contribution in [0.3, 0.4) is 0 Å². The van der Waals surface area contributed by atoms with Gasteiger partial charge in [0.1, 0.15) is 12.4 Å². The van der Waals surface area contributed by atoms with E-state index in [0.717, 1.165) is 0 Å². The maximum absolute atomic E-state index is 14.2. The number of rotatable bonds is 8. The standard InChI is InChI=1S/C21H25FN4O4/c1-5-25-19-18(20(27)26(6-2)21(25)28)24(3)17(23-19)10-8-14-7-9-16(15(22)13-14)30-12-11-29-4/h7-10,13H,5-6,11-12H2,1-4H3. The number of nitrogens with zero attached hydrogens (tertiary/aromatic N) is 4. The lowest BCUT2D eigenvalue weighted by Gasteiger charge is -2.08. The number of ether oxygens (including phenoxy) is 2. The number of fused-ring (bicyclic) bond motifs is 1.